The SMILES string of the molecule is c1ccc(-c2cc(-c3ccc(-c4ccc(-n5c6ccccc6c6ccccc65)cc4)cc3)nc(-c3ccccc3)n2)cc1.c1ccc2c(c1)-c1ccccc1C2c1cc(-c2ccc(-n3c4ccccc4c4ccccc43)cc2)cc(-n2c3ccccc3c3ccccc32)c1. The molecule has 4 aromatic heterocycles. The van der Waals surface area contributed by atoms with E-state index in [1.165, 1.54) is 116 Å². The van der Waals surface area contributed by atoms with Crippen LogP contribution in [0.1, 0.15) is 22.6 Å². The van der Waals surface area contributed by atoms with Gasteiger partial charge in [-0.2, -0.15) is 0 Å². The van der Waals surface area contributed by atoms with E-state index in [2.05, 4.69) is 329 Å². The van der Waals surface area contributed by atoms with Crippen LogP contribution >= 0.6 is 0 Å². The van der Waals surface area contributed by atoms with Crippen LogP contribution in [0.25, 0.3) is 150 Å². The van der Waals surface area contributed by atoms with E-state index in [0.29, 0.717) is 0 Å². The van der Waals surface area contributed by atoms with Crippen molar-refractivity contribution in [1.29, 1.82) is 0 Å². The van der Waals surface area contributed by atoms with E-state index in [1.54, 1.807) is 0 Å². The van der Waals surface area contributed by atoms with Crippen LogP contribution in [0.5, 0.6) is 0 Å². The molecule has 94 heavy (non-hydrogen) atoms. The van der Waals surface area contributed by atoms with Crippen LogP contribution in [0.4, 0.5) is 0 Å². The monoisotopic (exact) mass is 1200 g/mol. The fourth-order valence-corrected chi connectivity index (χ4v) is 14.7. The maximum absolute atomic E-state index is 4.98. The molecule has 0 spiro atoms. The summed E-state index contributed by atoms with van der Waals surface area (Å²) < 4.78 is 7.19. The zero-order chi connectivity index (χ0) is 62.1. The number of hydrogen-bond acceptors (Lipinski definition) is 2. The van der Waals surface area contributed by atoms with Crippen molar-refractivity contribution in [1.82, 2.24) is 23.7 Å². The van der Waals surface area contributed by atoms with Gasteiger partial charge in [0, 0.05) is 72.0 Å². The third-order valence-corrected chi connectivity index (χ3v) is 19.0. The fraction of sp³-hybridized carbons (Fsp3) is 0.0112. The molecular formula is C89H59N5. The van der Waals surface area contributed by atoms with E-state index in [0.717, 1.165) is 50.8 Å². The van der Waals surface area contributed by atoms with Gasteiger partial charge in [-0.25, -0.2) is 9.97 Å². The highest BCUT2D eigenvalue weighted by atomic mass is 15.0. The lowest BCUT2D eigenvalue weighted by atomic mass is 9.87. The van der Waals surface area contributed by atoms with Crippen molar-refractivity contribution in [3.63, 3.8) is 0 Å². The molecule has 440 valence electrons. The van der Waals surface area contributed by atoms with E-state index in [4.69, 9.17) is 9.97 Å². The summed E-state index contributed by atoms with van der Waals surface area (Å²) in [5, 5.41) is 7.64. The maximum atomic E-state index is 4.98. The van der Waals surface area contributed by atoms with E-state index in [-0.39, 0.29) is 5.92 Å². The first-order chi connectivity index (χ1) is 46.6. The molecule has 5 nitrogen and oxygen atoms in total. The minimum Gasteiger partial charge on any atom is -0.309 e. The summed E-state index contributed by atoms with van der Waals surface area (Å²) in [7, 11) is 0. The molecule has 0 aliphatic heterocycles. The summed E-state index contributed by atoms with van der Waals surface area (Å²) in [6, 6.07) is 127. The van der Waals surface area contributed by atoms with E-state index in [9.17, 15) is 0 Å². The standard InChI is InChI=1S/C49H32N2.C40H27N3/c1-3-19-43-37(13-1)38-14-2-4-20-44(38)49(43)34-29-33(30-36(31-34)51-47-23-11-7-17-41(47)42-18-8-12-24-48(42)51)32-25-27-35(28-26-32)50-45-21-9-5-15-39(45)40-16-6-10-22-46(40)50;1-3-11-30(12-4-1)36-27-37(42-40(41-36)32-13-5-2-6-14-32)31-21-19-28(20-22-31)29-23-25-33(26-24-29)43-38-17-9-7-15-34(38)35-16-8-10-18-39(35)43/h1-31,49H;1-27H. The molecule has 4 heterocycles. The molecule has 5 heteroatoms. The Morgan fingerprint density at radius 3 is 0.936 bits per heavy atom. The second kappa shape index (κ2) is 22.8. The Balaban J connectivity index is 0.000000140. The van der Waals surface area contributed by atoms with Gasteiger partial charge in [0.15, 0.2) is 5.82 Å². The number of aromatic nitrogens is 5. The lowest BCUT2D eigenvalue weighted by Gasteiger charge is -2.19. The Labute approximate surface area is 544 Å². The van der Waals surface area contributed by atoms with Gasteiger partial charge in [0.2, 0.25) is 0 Å². The Hall–Kier alpha value is -12.4. The Bertz CT molecular complexity index is 5630. The van der Waals surface area contributed by atoms with Gasteiger partial charge in [-0.3, -0.25) is 0 Å². The van der Waals surface area contributed by atoms with Gasteiger partial charge in [0.1, 0.15) is 0 Å². The van der Waals surface area contributed by atoms with Crippen LogP contribution in [0, 0.1) is 0 Å². The second-order valence-electron chi connectivity index (χ2n) is 24.4. The fourth-order valence-electron chi connectivity index (χ4n) is 14.7. The second-order valence-corrected chi connectivity index (χ2v) is 24.4. The van der Waals surface area contributed by atoms with Crippen LogP contribution < -0.4 is 0 Å². The largest absolute Gasteiger partial charge is 0.309 e. The van der Waals surface area contributed by atoms with Crippen LogP contribution in [-0.4, -0.2) is 23.7 Å². The molecule has 0 saturated heterocycles. The molecule has 0 N–H and O–H groups in total. The van der Waals surface area contributed by atoms with Crippen LogP contribution in [0.15, 0.2) is 352 Å². The minimum atomic E-state index is 0.140. The van der Waals surface area contributed by atoms with E-state index in [1.807, 2.05) is 36.4 Å². The summed E-state index contributed by atoms with van der Waals surface area (Å²) in [5.41, 5.74) is 27.2. The zero-order valence-corrected chi connectivity index (χ0v) is 51.3. The molecule has 14 aromatic carbocycles. The molecule has 0 amide bonds. The highest BCUT2D eigenvalue weighted by molar-refractivity contribution is 6.11. The third-order valence-electron chi connectivity index (χ3n) is 19.0. The summed E-state index contributed by atoms with van der Waals surface area (Å²) >= 11 is 0. The van der Waals surface area contributed by atoms with Gasteiger partial charge in [-0.1, -0.05) is 273 Å². The smallest absolute Gasteiger partial charge is 0.160 e. The first kappa shape index (κ1) is 54.5. The summed E-state index contributed by atoms with van der Waals surface area (Å²) in [5.74, 6) is 0.864. The Morgan fingerprint density at radius 2 is 0.521 bits per heavy atom. The molecule has 0 radical (unpaired) electrons. The van der Waals surface area contributed by atoms with E-state index >= 15 is 0 Å². The quantitative estimate of drug-likeness (QED) is 0.144. The summed E-state index contributed by atoms with van der Waals surface area (Å²) in [4.78, 5) is 9.90. The minimum absolute atomic E-state index is 0.140. The highest BCUT2D eigenvalue weighted by Gasteiger charge is 2.30. The molecule has 0 atom stereocenters. The van der Waals surface area contributed by atoms with Crippen molar-refractivity contribution in [2.24, 2.45) is 0 Å². The molecule has 1 aliphatic carbocycles. The first-order valence-electron chi connectivity index (χ1n) is 32.2. The van der Waals surface area contributed by atoms with Gasteiger partial charge >= 0.3 is 0 Å². The van der Waals surface area contributed by atoms with Gasteiger partial charge < -0.3 is 13.7 Å². The first-order valence-corrected chi connectivity index (χ1v) is 32.2. The number of benzene rings is 14. The van der Waals surface area contributed by atoms with Crippen LogP contribution in [-0.2, 0) is 0 Å². The Morgan fingerprint density at radius 1 is 0.213 bits per heavy atom. The van der Waals surface area contributed by atoms with Crippen molar-refractivity contribution in [3.05, 3.63) is 369 Å². The molecule has 0 saturated carbocycles. The average Bonchev–Trinajstić information content (AvgIpc) is 1.63. The number of nitrogens with zero attached hydrogens (tertiary/aromatic N) is 5. The summed E-state index contributed by atoms with van der Waals surface area (Å²) in [6.45, 7) is 0. The van der Waals surface area contributed by atoms with Gasteiger partial charge in [-0.05, 0) is 129 Å². The number of rotatable bonds is 9. The van der Waals surface area contributed by atoms with Gasteiger partial charge in [-0.15, -0.1) is 0 Å². The summed E-state index contributed by atoms with van der Waals surface area (Å²) in [6.07, 6.45) is 0. The molecule has 0 bridgehead atoms. The molecule has 0 unspecified atom stereocenters. The Kier molecular flexibility index (Phi) is 13.2. The van der Waals surface area contributed by atoms with Crippen molar-refractivity contribution in [2.75, 3.05) is 0 Å². The molecule has 19 rings (SSSR count). The maximum Gasteiger partial charge on any atom is 0.160 e. The van der Waals surface area contributed by atoms with Crippen LogP contribution in [0.2, 0.25) is 0 Å². The molecular weight excluding hydrogens is 1140 g/mol. The van der Waals surface area contributed by atoms with Gasteiger partial charge in [0.25, 0.3) is 0 Å². The van der Waals surface area contributed by atoms with E-state index < -0.39 is 0 Å². The topological polar surface area (TPSA) is 40.6 Å². The van der Waals surface area contributed by atoms with Crippen molar-refractivity contribution >= 4 is 65.4 Å². The molecule has 18 aromatic rings. The van der Waals surface area contributed by atoms with Crippen molar-refractivity contribution in [3.8, 4) is 84.3 Å². The zero-order valence-electron chi connectivity index (χ0n) is 51.3. The number of fused-ring (bicyclic) bond motifs is 12. The number of para-hydroxylation sites is 6. The third kappa shape index (κ3) is 9.32. The highest BCUT2D eigenvalue weighted by Crippen LogP contribution is 2.49. The molecule has 0 fully saturated rings. The molecule has 1 aliphatic rings. The van der Waals surface area contributed by atoms with Crippen molar-refractivity contribution < 1.29 is 0 Å². The van der Waals surface area contributed by atoms with Gasteiger partial charge in [0.05, 0.1) is 44.5 Å². The lowest BCUT2D eigenvalue weighted by Crippen LogP contribution is -2.03. The predicted octanol–water partition coefficient (Wildman–Crippen LogP) is 23.0. The van der Waals surface area contributed by atoms with Crippen LogP contribution in [0.3, 0.4) is 0 Å². The lowest BCUT2D eigenvalue weighted by molar-refractivity contribution is 1.01. The normalized spacial score (nSPS) is 12.0. The predicted molar refractivity (Wildman–Crippen MR) is 391 cm³/mol. The average molecular weight is 1200 g/mol. The number of hydrogen-bond donors (Lipinski definition) is 0. The van der Waals surface area contributed by atoms with Crippen molar-refractivity contribution in [2.45, 2.75) is 5.92 Å².